The van der Waals surface area contributed by atoms with Gasteiger partial charge in [0.1, 0.15) is 10.3 Å². The molecule has 1 unspecified atom stereocenters. The highest BCUT2D eigenvalue weighted by molar-refractivity contribution is 8.00. The van der Waals surface area contributed by atoms with Crippen molar-refractivity contribution in [1.29, 1.82) is 0 Å². The molecule has 1 atom stereocenters. The van der Waals surface area contributed by atoms with Crippen molar-refractivity contribution in [3.63, 3.8) is 0 Å². The SMILES string of the molecule is COC(=O)C(C)Sc1ccc2nnc(CCNC(=O)c3ccc(C)cc3)n2n1. The molecule has 0 aliphatic carbocycles. The van der Waals surface area contributed by atoms with Gasteiger partial charge >= 0.3 is 5.97 Å². The van der Waals surface area contributed by atoms with Crippen LogP contribution in [0.15, 0.2) is 41.4 Å². The first-order valence-corrected chi connectivity index (χ1v) is 9.66. The van der Waals surface area contributed by atoms with E-state index in [2.05, 4.69) is 20.6 Å². The number of carbonyl (C=O) groups is 2. The van der Waals surface area contributed by atoms with Crippen LogP contribution in [0.4, 0.5) is 0 Å². The average Bonchev–Trinajstić information content (AvgIpc) is 3.10. The zero-order valence-corrected chi connectivity index (χ0v) is 16.7. The van der Waals surface area contributed by atoms with E-state index < -0.39 is 0 Å². The Hall–Kier alpha value is -2.94. The Kier molecular flexibility index (Phi) is 6.25. The molecule has 1 amide bonds. The van der Waals surface area contributed by atoms with Gasteiger partial charge in [-0.3, -0.25) is 9.59 Å². The fourth-order valence-electron chi connectivity index (χ4n) is 2.53. The average molecular weight is 399 g/mol. The zero-order valence-electron chi connectivity index (χ0n) is 15.9. The van der Waals surface area contributed by atoms with Crippen molar-refractivity contribution in [2.24, 2.45) is 0 Å². The van der Waals surface area contributed by atoms with Gasteiger partial charge in [-0.2, -0.15) is 9.61 Å². The number of nitrogens with zero attached hydrogens (tertiary/aromatic N) is 4. The van der Waals surface area contributed by atoms with Gasteiger partial charge in [-0.1, -0.05) is 29.5 Å². The Morgan fingerprint density at radius 1 is 1.18 bits per heavy atom. The third-order valence-electron chi connectivity index (χ3n) is 4.08. The lowest BCUT2D eigenvalue weighted by molar-refractivity contribution is -0.139. The summed E-state index contributed by atoms with van der Waals surface area (Å²) in [5.41, 5.74) is 2.33. The van der Waals surface area contributed by atoms with Crippen molar-refractivity contribution in [2.75, 3.05) is 13.7 Å². The summed E-state index contributed by atoms with van der Waals surface area (Å²) in [4.78, 5) is 23.8. The number of rotatable bonds is 7. The minimum absolute atomic E-state index is 0.134. The topological polar surface area (TPSA) is 98.5 Å². The first-order valence-electron chi connectivity index (χ1n) is 8.78. The van der Waals surface area contributed by atoms with Crippen LogP contribution in [0.1, 0.15) is 28.7 Å². The summed E-state index contributed by atoms with van der Waals surface area (Å²) < 4.78 is 6.37. The number of nitrogens with one attached hydrogen (secondary N) is 1. The number of amides is 1. The van der Waals surface area contributed by atoms with Crippen LogP contribution >= 0.6 is 11.8 Å². The summed E-state index contributed by atoms with van der Waals surface area (Å²) in [6, 6.07) is 11.0. The largest absolute Gasteiger partial charge is 0.468 e. The van der Waals surface area contributed by atoms with E-state index in [0.717, 1.165) is 5.56 Å². The van der Waals surface area contributed by atoms with Crippen LogP contribution in [0.2, 0.25) is 0 Å². The molecular formula is C19H21N5O3S. The predicted molar refractivity (Wildman–Crippen MR) is 105 cm³/mol. The van der Waals surface area contributed by atoms with Gasteiger partial charge in [0.25, 0.3) is 5.91 Å². The lowest BCUT2D eigenvalue weighted by Crippen LogP contribution is -2.26. The van der Waals surface area contributed by atoms with Crippen LogP contribution in [0.5, 0.6) is 0 Å². The van der Waals surface area contributed by atoms with Crippen molar-refractivity contribution in [3.8, 4) is 0 Å². The van der Waals surface area contributed by atoms with E-state index in [0.29, 0.717) is 35.0 Å². The molecule has 0 aliphatic heterocycles. The number of hydrogen-bond donors (Lipinski definition) is 1. The molecular weight excluding hydrogens is 378 g/mol. The monoisotopic (exact) mass is 399 g/mol. The number of esters is 1. The minimum Gasteiger partial charge on any atom is -0.468 e. The predicted octanol–water partition coefficient (Wildman–Crippen LogP) is 2.06. The second-order valence-electron chi connectivity index (χ2n) is 6.21. The van der Waals surface area contributed by atoms with Crippen LogP contribution in [0, 0.1) is 6.92 Å². The molecule has 0 aliphatic rings. The van der Waals surface area contributed by atoms with Crippen molar-refractivity contribution < 1.29 is 14.3 Å². The zero-order chi connectivity index (χ0) is 20.1. The second kappa shape index (κ2) is 8.83. The van der Waals surface area contributed by atoms with Crippen LogP contribution in [0.25, 0.3) is 5.65 Å². The molecule has 2 heterocycles. The number of methoxy groups -OCH3 is 1. The van der Waals surface area contributed by atoms with Crippen LogP contribution < -0.4 is 5.32 Å². The molecule has 9 heteroatoms. The molecule has 0 saturated heterocycles. The van der Waals surface area contributed by atoms with Gasteiger partial charge < -0.3 is 10.1 Å². The molecule has 0 saturated carbocycles. The number of benzene rings is 1. The Labute approximate surface area is 166 Å². The van der Waals surface area contributed by atoms with E-state index in [1.807, 2.05) is 19.1 Å². The summed E-state index contributed by atoms with van der Waals surface area (Å²) >= 11 is 1.30. The van der Waals surface area contributed by atoms with Gasteiger partial charge in [0.05, 0.1) is 7.11 Å². The number of thioether (sulfide) groups is 1. The van der Waals surface area contributed by atoms with Gasteiger partial charge in [-0.05, 0) is 38.1 Å². The van der Waals surface area contributed by atoms with E-state index in [9.17, 15) is 9.59 Å². The normalized spacial score (nSPS) is 12.0. The lowest BCUT2D eigenvalue weighted by Gasteiger charge is -2.08. The molecule has 0 spiro atoms. The minimum atomic E-state index is -0.372. The van der Waals surface area contributed by atoms with Crippen molar-refractivity contribution >= 4 is 29.3 Å². The summed E-state index contributed by atoms with van der Waals surface area (Å²) in [6.07, 6.45) is 0.479. The highest BCUT2D eigenvalue weighted by atomic mass is 32.2. The van der Waals surface area contributed by atoms with Crippen LogP contribution in [-0.2, 0) is 16.0 Å². The van der Waals surface area contributed by atoms with Crippen molar-refractivity contribution in [2.45, 2.75) is 30.5 Å². The number of hydrogen-bond acceptors (Lipinski definition) is 7. The van der Waals surface area contributed by atoms with Gasteiger partial charge in [-0.25, -0.2) is 0 Å². The Bertz CT molecular complexity index is 987. The smallest absolute Gasteiger partial charge is 0.318 e. The number of fused-ring (bicyclic) bond motifs is 1. The number of aromatic nitrogens is 4. The molecule has 3 aromatic rings. The van der Waals surface area contributed by atoms with E-state index >= 15 is 0 Å². The fraction of sp³-hybridized carbons (Fsp3) is 0.316. The fourth-order valence-corrected chi connectivity index (χ4v) is 3.36. The molecule has 2 aromatic heterocycles. The van der Waals surface area contributed by atoms with Gasteiger partial charge in [0.2, 0.25) is 0 Å². The highest BCUT2D eigenvalue weighted by Crippen LogP contribution is 2.22. The maximum absolute atomic E-state index is 12.2. The summed E-state index contributed by atoms with van der Waals surface area (Å²) in [5.74, 6) is 0.187. The first kappa shape index (κ1) is 19.8. The van der Waals surface area contributed by atoms with Crippen molar-refractivity contribution in [1.82, 2.24) is 25.1 Å². The van der Waals surface area contributed by atoms with E-state index in [1.165, 1.54) is 18.9 Å². The molecule has 3 rings (SSSR count). The molecule has 1 N–H and O–H groups in total. The van der Waals surface area contributed by atoms with E-state index in [-0.39, 0.29) is 17.1 Å². The third kappa shape index (κ3) is 4.66. The first-order chi connectivity index (χ1) is 13.5. The molecule has 8 nitrogen and oxygen atoms in total. The lowest BCUT2D eigenvalue weighted by atomic mass is 10.1. The quantitative estimate of drug-likeness (QED) is 0.480. The standard InChI is InChI=1S/C19H21N5O3S/c1-12-4-6-14(7-5-12)18(25)20-11-10-16-22-21-15-8-9-17(23-24(15)16)28-13(2)19(26)27-3/h4-9,13H,10-11H2,1-3H3,(H,20,25). The van der Waals surface area contributed by atoms with E-state index in [4.69, 9.17) is 4.74 Å². The number of aryl methyl sites for hydroxylation is 1. The molecule has 0 radical (unpaired) electrons. The van der Waals surface area contributed by atoms with E-state index in [1.54, 1.807) is 35.7 Å². The number of carbonyl (C=O) groups excluding carboxylic acids is 2. The Morgan fingerprint density at radius 2 is 1.93 bits per heavy atom. The molecule has 28 heavy (non-hydrogen) atoms. The number of ether oxygens (including phenoxy) is 1. The Balaban J connectivity index is 1.64. The molecule has 0 fully saturated rings. The van der Waals surface area contributed by atoms with Gasteiger partial charge in [0.15, 0.2) is 11.5 Å². The maximum Gasteiger partial charge on any atom is 0.318 e. The van der Waals surface area contributed by atoms with Crippen LogP contribution in [-0.4, -0.2) is 50.6 Å². The molecule has 146 valence electrons. The maximum atomic E-state index is 12.2. The summed E-state index contributed by atoms with van der Waals surface area (Å²) in [7, 11) is 1.36. The molecule has 0 bridgehead atoms. The van der Waals surface area contributed by atoms with Crippen molar-refractivity contribution in [3.05, 3.63) is 53.3 Å². The Morgan fingerprint density at radius 3 is 2.64 bits per heavy atom. The summed E-state index contributed by atoms with van der Waals surface area (Å²) in [6.45, 7) is 4.14. The highest BCUT2D eigenvalue weighted by Gasteiger charge is 2.16. The second-order valence-corrected chi connectivity index (χ2v) is 7.57. The van der Waals surface area contributed by atoms with Gasteiger partial charge in [0, 0.05) is 18.5 Å². The van der Waals surface area contributed by atoms with Gasteiger partial charge in [-0.15, -0.1) is 10.2 Å². The summed E-state index contributed by atoms with van der Waals surface area (Å²) in [5, 5.41) is 15.9. The third-order valence-corrected chi connectivity index (χ3v) is 5.09. The molecule has 1 aromatic carbocycles. The van der Waals surface area contributed by atoms with Crippen LogP contribution in [0.3, 0.4) is 0 Å².